The lowest BCUT2D eigenvalue weighted by Gasteiger charge is -2.41. The summed E-state index contributed by atoms with van der Waals surface area (Å²) in [5.74, 6) is -2.39. The van der Waals surface area contributed by atoms with Crippen LogP contribution in [0, 0.1) is 35.5 Å². The van der Waals surface area contributed by atoms with Crippen LogP contribution in [0.5, 0.6) is 0 Å². The molecular formula is C62H95N5O10. The van der Waals surface area contributed by atoms with Gasteiger partial charge in [0.2, 0.25) is 17.7 Å². The molecule has 3 amide bonds. The number of hydroxylamine groups is 2. The minimum absolute atomic E-state index is 0.00158. The molecule has 0 unspecified atom stereocenters. The molecule has 15 heteroatoms. The van der Waals surface area contributed by atoms with Crippen LogP contribution < -0.4 is 0 Å². The molecule has 2 fully saturated rings. The van der Waals surface area contributed by atoms with Gasteiger partial charge in [-0.15, -0.1) is 0 Å². The minimum Gasteiger partial charge on any atom is -0.379 e. The Balaban J connectivity index is 1.19. The Bertz CT molecular complexity index is 2310. The van der Waals surface area contributed by atoms with Gasteiger partial charge in [-0.3, -0.25) is 38.5 Å². The summed E-state index contributed by atoms with van der Waals surface area (Å²) in [5.41, 5.74) is 3.01. The Kier molecular flexibility index (Phi) is 26.0. The third-order valence-corrected chi connectivity index (χ3v) is 16.6. The lowest BCUT2D eigenvalue weighted by molar-refractivity contribution is -0.201. The van der Waals surface area contributed by atoms with E-state index < -0.39 is 36.0 Å². The third kappa shape index (κ3) is 17.9. The molecule has 9 atom stereocenters. The highest BCUT2D eigenvalue weighted by Gasteiger charge is 2.44. The van der Waals surface area contributed by atoms with Gasteiger partial charge >= 0.3 is 0 Å². The summed E-state index contributed by atoms with van der Waals surface area (Å²) in [5, 5.41) is 2.45. The molecule has 2 aliphatic rings. The highest BCUT2D eigenvalue weighted by molar-refractivity contribution is 5.91. The van der Waals surface area contributed by atoms with Crippen LogP contribution in [0.2, 0.25) is 0 Å². The number of Topliss-reactive ketones (excluding diaryl/α,β-unsaturated/α-hetero) is 3. The summed E-state index contributed by atoms with van der Waals surface area (Å²) in [6.45, 7) is 17.1. The number of carbonyl (C=O) groups is 6. The maximum Gasteiger partial charge on any atom is 0.250 e. The quantitative estimate of drug-likeness (QED) is 0.0566. The molecule has 428 valence electrons. The number of aromatic nitrogens is 1. The Morgan fingerprint density at radius 1 is 0.792 bits per heavy atom. The predicted octanol–water partition coefficient (Wildman–Crippen LogP) is 9.68. The monoisotopic (exact) mass is 1070 g/mol. The molecule has 0 spiro atoms. The van der Waals surface area contributed by atoms with Gasteiger partial charge in [0.15, 0.2) is 5.78 Å². The van der Waals surface area contributed by atoms with Crippen molar-refractivity contribution in [2.75, 3.05) is 61.2 Å². The number of ketones is 3. The summed E-state index contributed by atoms with van der Waals surface area (Å²) in [7, 11) is 6.93. The van der Waals surface area contributed by atoms with Crippen LogP contribution in [0.25, 0.3) is 10.9 Å². The van der Waals surface area contributed by atoms with Crippen molar-refractivity contribution in [2.45, 2.75) is 175 Å². The van der Waals surface area contributed by atoms with Crippen molar-refractivity contribution in [3.05, 3.63) is 71.9 Å². The van der Waals surface area contributed by atoms with E-state index in [4.69, 9.17) is 19.0 Å². The van der Waals surface area contributed by atoms with Gasteiger partial charge in [0, 0.05) is 89.0 Å². The molecule has 77 heavy (non-hydrogen) atoms. The molecular weight excluding hydrogens is 975 g/mol. The van der Waals surface area contributed by atoms with E-state index in [2.05, 4.69) is 23.7 Å². The number of para-hydroxylation sites is 1. The van der Waals surface area contributed by atoms with Gasteiger partial charge in [-0.1, -0.05) is 110 Å². The van der Waals surface area contributed by atoms with Gasteiger partial charge in [-0.2, -0.15) is 0 Å². The summed E-state index contributed by atoms with van der Waals surface area (Å²) in [4.78, 5) is 99.7. The Hall–Kier alpha value is -4.80. The zero-order valence-electron chi connectivity index (χ0n) is 48.6. The first-order chi connectivity index (χ1) is 36.9. The average molecular weight is 1070 g/mol. The van der Waals surface area contributed by atoms with E-state index in [1.54, 1.807) is 26.2 Å². The second-order valence-corrected chi connectivity index (χ2v) is 22.8. The number of rotatable bonds is 34. The molecule has 3 aromatic rings. The van der Waals surface area contributed by atoms with Crippen molar-refractivity contribution in [2.24, 2.45) is 35.5 Å². The molecule has 1 N–H and O–H groups in total. The molecule has 15 nitrogen and oxygen atoms in total. The number of nitrogens with one attached hydrogen (secondary N) is 1. The molecule has 2 saturated heterocycles. The van der Waals surface area contributed by atoms with Crippen molar-refractivity contribution in [1.29, 1.82) is 0 Å². The normalized spacial score (nSPS) is 18.3. The van der Waals surface area contributed by atoms with E-state index >= 15 is 0 Å². The van der Waals surface area contributed by atoms with Crippen LogP contribution in [0.3, 0.4) is 0 Å². The van der Waals surface area contributed by atoms with Crippen molar-refractivity contribution in [1.82, 2.24) is 24.7 Å². The number of nitrogens with zero attached hydrogens (tertiary/aromatic N) is 4. The molecule has 0 radical (unpaired) electrons. The number of likely N-dealkylation sites (N-methyl/N-ethyl adjacent to an activating group) is 2. The highest BCUT2D eigenvalue weighted by Crippen LogP contribution is 2.33. The fraction of sp³-hybridized carbons (Fsp3) is 0.677. The Labute approximate surface area is 460 Å². The number of benzene rings is 2. The number of aromatic amines is 1. The second-order valence-electron chi connectivity index (χ2n) is 22.8. The van der Waals surface area contributed by atoms with Crippen LogP contribution >= 0.6 is 0 Å². The van der Waals surface area contributed by atoms with E-state index in [0.29, 0.717) is 65.1 Å². The van der Waals surface area contributed by atoms with E-state index in [1.807, 2.05) is 107 Å². The largest absolute Gasteiger partial charge is 0.379 e. The molecule has 5 rings (SSSR count). The average Bonchev–Trinajstić information content (AvgIpc) is 4.10. The maximum atomic E-state index is 14.8. The van der Waals surface area contributed by atoms with Gasteiger partial charge in [0.05, 0.1) is 62.5 Å². The minimum atomic E-state index is -0.653. The first-order valence-corrected chi connectivity index (χ1v) is 28.9. The number of carbonyl (C=O) groups excluding carboxylic acids is 6. The molecule has 2 aromatic carbocycles. The topological polar surface area (TPSA) is 168 Å². The SMILES string of the molecule is CC[C@H](C)[C@@H]([C@@H](CC(=O)N1CCC[C@H]1[C@H](OC)[C@@H](C)C(=O)C[C@@H](Cc1c[nH]c2ccccc12)C(=O)N1CCCCO1)OC)N(C)C(=O)[C@@H](CC(=O)[C@H](C(C)C)N(C)CCCCCC(=O)CCOCc1ccccc1)C(C)C. The second kappa shape index (κ2) is 31.7. The van der Waals surface area contributed by atoms with Crippen LogP contribution in [-0.4, -0.2) is 151 Å². The summed E-state index contributed by atoms with van der Waals surface area (Å²) >= 11 is 0. The smallest absolute Gasteiger partial charge is 0.250 e. The summed E-state index contributed by atoms with van der Waals surface area (Å²) < 4.78 is 18.0. The molecule has 2 aliphatic heterocycles. The number of ether oxygens (including phenoxy) is 3. The summed E-state index contributed by atoms with van der Waals surface area (Å²) in [6.07, 6.45) is 8.35. The molecule has 3 heterocycles. The van der Waals surface area contributed by atoms with Crippen LogP contribution in [-0.2, 0) is 60.8 Å². The van der Waals surface area contributed by atoms with Gasteiger partial charge in [-0.05, 0) is 93.5 Å². The van der Waals surface area contributed by atoms with E-state index in [1.165, 1.54) is 5.06 Å². The number of hydrogen-bond donors (Lipinski definition) is 1. The Morgan fingerprint density at radius 3 is 2.18 bits per heavy atom. The predicted molar refractivity (Wildman–Crippen MR) is 302 cm³/mol. The van der Waals surface area contributed by atoms with Crippen molar-refractivity contribution >= 4 is 46.0 Å². The van der Waals surface area contributed by atoms with Gasteiger partial charge < -0.3 is 29.0 Å². The number of amides is 3. The molecule has 1 aromatic heterocycles. The molecule has 0 saturated carbocycles. The van der Waals surface area contributed by atoms with E-state index in [0.717, 1.165) is 67.0 Å². The van der Waals surface area contributed by atoms with Crippen LogP contribution in [0.1, 0.15) is 143 Å². The van der Waals surface area contributed by atoms with Crippen LogP contribution in [0.4, 0.5) is 0 Å². The summed E-state index contributed by atoms with van der Waals surface area (Å²) in [6, 6.07) is 16.6. The Morgan fingerprint density at radius 2 is 1.52 bits per heavy atom. The fourth-order valence-corrected chi connectivity index (χ4v) is 12.0. The lowest BCUT2D eigenvalue weighted by atomic mass is 9.83. The number of likely N-dealkylation sites (tertiary alicyclic amines) is 1. The standard InChI is InChI=1S/C62H95N5O10/c1-12-44(6)59(65(9)62(73)51(42(2)3)38-55(70)58(43(4)5)64(8)31-20-14-17-26-49(68)30-35-76-41-46-24-15-13-16-25-46)56(74-10)39-57(71)66-32-23-29-53(66)60(75-11)45(7)54(69)37-47(61(72)67-33-21-22-34-77-67)36-48-40-63-52-28-19-18-27-50(48)52/h13,15-16,18-19,24-25,27-28,40,42-45,47,51,53,56,58-60,63H,12,14,17,20-23,26,29-39,41H2,1-11H3/t44-,45-,47+,51-,53-,56+,58-,59-,60+/m0/s1. The highest BCUT2D eigenvalue weighted by atomic mass is 16.7. The number of fused-ring (bicyclic) bond motifs is 1. The maximum absolute atomic E-state index is 14.8. The number of hydrogen-bond acceptors (Lipinski definition) is 11. The lowest BCUT2D eigenvalue weighted by Crippen LogP contribution is -2.54. The fourth-order valence-electron chi connectivity index (χ4n) is 12.0. The van der Waals surface area contributed by atoms with Crippen LogP contribution in [0.15, 0.2) is 60.8 Å². The van der Waals surface area contributed by atoms with Crippen molar-refractivity contribution in [3.8, 4) is 0 Å². The van der Waals surface area contributed by atoms with Gasteiger partial charge in [0.25, 0.3) is 0 Å². The third-order valence-electron chi connectivity index (χ3n) is 16.6. The number of methoxy groups -OCH3 is 2. The molecule has 0 aliphatic carbocycles. The van der Waals surface area contributed by atoms with Gasteiger partial charge in [0.1, 0.15) is 11.6 Å². The molecule has 0 bridgehead atoms. The van der Waals surface area contributed by atoms with Gasteiger partial charge in [-0.25, -0.2) is 5.06 Å². The van der Waals surface area contributed by atoms with E-state index in [9.17, 15) is 28.8 Å². The zero-order chi connectivity index (χ0) is 56.2. The first-order valence-electron chi connectivity index (χ1n) is 28.9. The number of unbranched alkanes of at least 4 members (excludes halogenated alkanes) is 2. The zero-order valence-corrected chi connectivity index (χ0v) is 48.6. The van der Waals surface area contributed by atoms with Crippen molar-refractivity contribution in [3.63, 3.8) is 0 Å². The number of H-pyrrole nitrogens is 1. The van der Waals surface area contributed by atoms with Crippen molar-refractivity contribution < 1.29 is 47.8 Å². The van der Waals surface area contributed by atoms with E-state index in [-0.39, 0.29) is 84.2 Å². The first kappa shape index (κ1) is 63.0.